The second kappa shape index (κ2) is 7.40. The van der Waals surface area contributed by atoms with Crippen LogP contribution in [-0.4, -0.2) is 16.4 Å². The first kappa shape index (κ1) is 13.0. The SMILES string of the molecule is CC(C)SS[C@@H](CCCl)C(C)C. The Morgan fingerprint density at radius 2 is 1.67 bits per heavy atom. The highest BCUT2D eigenvalue weighted by Crippen LogP contribution is 2.36. The van der Waals surface area contributed by atoms with Gasteiger partial charge in [-0.15, -0.1) is 11.6 Å². The predicted octanol–water partition coefficient (Wildman–Crippen LogP) is 4.43. The lowest BCUT2D eigenvalue weighted by Gasteiger charge is -2.19. The largest absolute Gasteiger partial charge is 0.127 e. The van der Waals surface area contributed by atoms with E-state index < -0.39 is 0 Å². The van der Waals surface area contributed by atoms with Gasteiger partial charge in [-0.3, -0.25) is 0 Å². The quantitative estimate of drug-likeness (QED) is 0.486. The van der Waals surface area contributed by atoms with Gasteiger partial charge in [-0.05, 0) is 12.3 Å². The minimum Gasteiger partial charge on any atom is -0.127 e. The number of alkyl halides is 1. The molecule has 0 saturated carbocycles. The van der Waals surface area contributed by atoms with Crippen LogP contribution in [0.4, 0.5) is 0 Å². The summed E-state index contributed by atoms with van der Waals surface area (Å²) in [6.45, 7) is 9.00. The third-order valence-electron chi connectivity index (χ3n) is 1.51. The van der Waals surface area contributed by atoms with Crippen LogP contribution < -0.4 is 0 Å². The average Bonchev–Trinajstić information content (AvgIpc) is 1.96. The molecule has 74 valence electrons. The highest BCUT2D eigenvalue weighted by molar-refractivity contribution is 8.77. The molecular formula is C9H19ClS2. The minimum atomic E-state index is 0.714. The molecule has 0 heterocycles. The van der Waals surface area contributed by atoms with Crippen LogP contribution in [0.3, 0.4) is 0 Å². The zero-order valence-electron chi connectivity index (χ0n) is 8.34. The van der Waals surface area contributed by atoms with E-state index in [2.05, 4.69) is 27.7 Å². The first-order valence-electron chi connectivity index (χ1n) is 4.46. The maximum atomic E-state index is 5.73. The van der Waals surface area contributed by atoms with Crippen molar-refractivity contribution in [3.05, 3.63) is 0 Å². The van der Waals surface area contributed by atoms with E-state index in [1.165, 1.54) is 0 Å². The van der Waals surface area contributed by atoms with E-state index >= 15 is 0 Å². The average molecular weight is 227 g/mol. The van der Waals surface area contributed by atoms with E-state index in [1.54, 1.807) is 0 Å². The molecule has 0 N–H and O–H groups in total. The molecule has 0 unspecified atom stereocenters. The summed E-state index contributed by atoms with van der Waals surface area (Å²) in [4.78, 5) is 0. The van der Waals surface area contributed by atoms with Gasteiger partial charge in [0.05, 0.1) is 0 Å². The first-order valence-corrected chi connectivity index (χ1v) is 7.27. The van der Waals surface area contributed by atoms with Crippen molar-refractivity contribution in [2.24, 2.45) is 5.92 Å². The van der Waals surface area contributed by atoms with Crippen LogP contribution in [0, 0.1) is 5.92 Å². The lowest BCUT2D eigenvalue weighted by molar-refractivity contribution is 0.598. The summed E-state index contributed by atoms with van der Waals surface area (Å²) >= 11 is 5.73. The van der Waals surface area contributed by atoms with E-state index in [4.69, 9.17) is 11.6 Å². The second-order valence-corrected chi connectivity index (χ2v) is 6.97. The van der Waals surface area contributed by atoms with Gasteiger partial charge < -0.3 is 0 Å². The Balaban J connectivity index is 3.63. The molecule has 0 nitrogen and oxygen atoms in total. The van der Waals surface area contributed by atoms with Crippen molar-refractivity contribution >= 4 is 33.2 Å². The molecule has 0 aliphatic carbocycles. The lowest BCUT2D eigenvalue weighted by atomic mass is 10.1. The molecule has 0 fully saturated rings. The normalized spacial score (nSPS) is 14.2. The van der Waals surface area contributed by atoms with Crippen LogP contribution in [0.2, 0.25) is 0 Å². The highest BCUT2D eigenvalue weighted by atomic mass is 35.5. The van der Waals surface area contributed by atoms with Gasteiger partial charge in [-0.1, -0.05) is 49.3 Å². The summed E-state index contributed by atoms with van der Waals surface area (Å²) in [6.07, 6.45) is 1.13. The van der Waals surface area contributed by atoms with Gasteiger partial charge >= 0.3 is 0 Å². The number of halogens is 1. The molecule has 0 rings (SSSR count). The molecule has 0 aromatic rings. The molecule has 0 spiro atoms. The maximum absolute atomic E-state index is 5.73. The van der Waals surface area contributed by atoms with Crippen molar-refractivity contribution in [2.75, 3.05) is 5.88 Å². The smallest absolute Gasteiger partial charge is 0.0234 e. The highest BCUT2D eigenvalue weighted by Gasteiger charge is 2.14. The van der Waals surface area contributed by atoms with Gasteiger partial charge in [0.25, 0.3) is 0 Å². The summed E-state index contributed by atoms with van der Waals surface area (Å²) in [7, 11) is 3.96. The first-order chi connectivity index (χ1) is 5.57. The monoisotopic (exact) mass is 226 g/mol. The zero-order valence-corrected chi connectivity index (χ0v) is 10.7. The van der Waals surface area contributed by atoms with Crippen LogP contribution in [0.5, 0.6) is 0 Å². The second-order valence-electron chi connectivity index (χ2n) is 3.50. The van der Waals surface area contributed by atoms with Gasteiger partial charge in [-0.25, -0.2) is 0 Å². The van der Waals surface area contributed by atoms with E-state index in [0.29, 0.717) is 5.25 Å². The van der Waals surface area contributed by atoms with Gasteiger partial charge in [0.2, 0.25) is 0 Å². The molecule has 0 aromatic heterocycles. The van der Waals surface area contributed by atoms with E-state index in [1.807, 2.05) is 21.6 Å². The Morgan fingerprint density at radius 3 is 2.00 bits per heavy atom. The summed E-state index contributed by atoms with van der Waals surface area (Å²) in [6, 6.07) is 0. The van der Waals surface area contributed by atoms with Crippen LogP contribution in [0.1, 0.15) is 34.1 Å². The molecule has 0 aliphatic rings. The van der Waals surface area contributed by atoms with Crippen LogP contribution in [0.15, 0.2) is 0 Å². The van der Waals surface area contributed by atoms with E-state index in [-0.39, 0.29) is 0 Å². The van der Waals surface area contributed by atoms with Gasteiger partial charge in [0.15, 0.2) is 0 Å². The van der Waals surface area contributed by atoms with Gasteiger partial charge in [0, 0.05) is 16.4 Å². The molecule has 3 heteroatoms. The molecule has 0 amide bonds. The van der Waals surface area contributed by atoms with E-state index in [9.17, 15) is 0 Å². The molecule has 12 heavy (non-hydrogen) atoms. The van der Waals surface area contributed by atoms with Crippen molar-refractivity contribution in [3.8, 4) is 0 Å². The van der Waals surface area contributed by atoms with Crippen LogP contribution in [-0.2, 0) is 0 Å². The molecular weight excluding hydrogens is 208 g/mol. The minimum absolute atomic E-state index is 0.714. The molecule has 0 radical (unpaired) electrons. The van der Waals surface area contributed by atoms with Crippen molar-refractivity contribution in [1.29, 1.82) is 0 Å². The van der Waals surface area contributed by atoms with Crippen molar-refractivity contribution in [3.63, 3.8) is 0 Å². The topological polar surface area (TPSA) is 0 Å². The molecule has 1 atom stereocenters. The fourth-order valence-corrected chi connectivity index (χ4v) is 4.00. The zero-order chi connectivity index (χ0) is 9.56. The Hall–Kier alpha value is 0.990. The third-order valence-corrected chi connectivity index (χ3v) is 5.48. The lowest BCUT2D eigenvalue weighted by Crippen LogP contribution is -2.11. The summed E-state index contributed by atoms with van der Waals surface area (Å²) < 4.78 is 0. The predicted molar refractivity (Wildman–Crippen MR) is 64.3 cm³/mol. The van der Waals surface area contributed by atoms with Crippen LogP contribution >= 0.6 is 33.2 Å². The third kappa shape index (κ3) is 6.50. The Labute approximate surface area is 89.6 Å². The number of rotatable bonds is 6. The van der Waals surface area contributed by atoms with Crippen molar-refractivity contribution < 1.29 is 0 Å². The molecule has 0 bridgehead atoms. The molecule has 0 aliphatic heterocycles. The van der Waals surface area contributed by atoms with E-state index in [0.717, 1.165) is 23.5 Å². The fraction of sp³-hybridized carbons (Fsp3) is 1.00. The van der Waals surface area contributed by atoms with Crippen LogP contribution in [0.25, 0.3) is 0 Å². The van der Waals surface area contributed by atoms with Crippen molar-refractivity contribution in [1.82, 2.24) is 0 Å². The summed E-state index contributed by atoms with van der Waals surface area (Å²) in [5, 5.41) is 1.43. The summed E-state index contributed by atoms with van der Waals surface area (Å²) in [5.41, 5.74) is 0. The fourth-order valence-electron chi connectivity index (χ4n) is 0.783. The van der Waals surface area contributed by atoms with Gasteiger partial charge in [0.1, 0.15) is 0 Å². The Morgan fingerprint density at radius 1 is 1.08 bits per heavy atom. The van der Waals surface area contributed by atoms with Gasteiger partial charge in [-0.2, -0.15) is 0 Å². The Kier molecular flexibility index (Phi) is 8.01. The number of hydrogen-bond donors (Lipinski definition) is 0. The maximum Gasteiger partial charge on any atom is 0.0234 e. The standard InChI is InChI=1S/C9H19ClS2/c1-7(2)9(5-6-10)12-11-8(3)4/h7-9H,5-6H2,1-4H3/t9-/m0/s1. The number of hydrogen-bond acceptors (Lipinski definition) is 2. The van der Waals surface area contributed by atoms with Crippen molar-refractivity contribution in [2.45, 2.75) is 44.6 Å². The summed E-state index contributed by atoms with van der Waals surface area (Å²) in [5.74, 6) is 1.52. The Bertz CT molecular complexity index is 105. The molecule has 0 aromatic carbocycles. The molecule has 0 saturated heterocycles.